The molecule has 2 N–H and O–H groups in total. The van der Waals surface area contributed by atoms with Crippen LogP contribution in [0.5, 0.6) is 0 Å². The quantitative estimate of drug-likeness (QED) is 0.842. The van der Waals surface area contributed by atoms with Crippen molar-refractivity contribution in [3.63, 3.8) is 0 Å². The van der Waals surface area contributed by atoms with Crippen LogP contribution in [0.15, 0.2) is 53.0 Å². The van der Waals surface area contributed by atoms with Gasteiger partial charge in [-0.15, -0.1) is 0 Å². The molecule has 1 nitrogen and oxygen atoms in total. The molecule has 0 bridgehead atoms. The van der Waals surface area contributed by atoms with Crippen LogP contribution in [-0.4, -0.2) is 0 Å². The number of hydrogen-bond donors (Lipinski definition) is 1. The molecule has 1 fully saturated rings. The van der Waals surface area contributed by atoms with Gasteiger partial charge in [-0.05, 0) is 54.0 Å². The summed E-state index contributed by atoms with van der Waals surface area (Å²) in [6, 6.07) is 17.2. The maximum atomic E-state index is 6.48. The molecule has 104 valence electrons. The first-order valence-corrected chi connectivity index (χ1v) is 8.12. The molecule has 0 radical (unpaired) electrons. The van der Waals surface area contributed by atoms with E-state index < -0.39 is 0 Å². The van der Waals surface area contributed by atoms with Crippen molar-refractivity contribution in [2.75, 3.05) is 0 Å². The average Bonchev–Trinajstić information content (AvgIpc) is 2.37. The van der Waals surface area contributed by atoms with E-state index >= 15 is 0 Å². The normalized spacial score (nSPS) is 16.7. The van der Waals surface area contributed by atoms with Crippen molar-refractivity contribution in [1.82, 2.24) is 0 Å². The monoisotopic (exact) mass is 329 g/mol. The predicted molar refractivity (Wildman–Crippen MR) is 87.8 cm³/mol. The van der Waals surface area contributed by atoms with Crippen molar-refractivity contribution < 1.29 is 0 Å². The highest BCUT2D eigenvalue weighted by atomic mass is 79.9. The molecule has 20 heavy (non-hydrogen) atoms. The standard InChI is InChI=1S/C18H20BrN/c19-15-8-3-5-13(11-15)12-18(20)17-10-2-1-9-16(17)14-6-4-7-14/h1-3,5,8-11,14,18H,4,6-7,12,20H2. The molecule has 1 aliphatic rings. The van der Waals surface area contributed by atoms with Crippen LogP contribution in [0.3, 0.4) is 0 Å². The highest BCUT2D eigenvalue weighted by Crippen LogP contribution is 2.39. The van der Waals surface area contributed by atoms with E-state index in [0.29, 0.717) is 0 Å². The Morgan fingerprint density at radius 3 is 2.60 bits per heavy atom. The number of rotatable bonds is 4. The number of benzene rings is 2. The fourth-order valence-corrected chi connectivity index (χ4v) is 3.41. The molecule has 0 heterocycles. The van der Waals surface area contributed by atoms with Crippen molar-refractivity contribution in [2.24, 2.45) is 5.73 Å². The second kappa shape index (κ2) is 6.11. The van der Waals surface area contributed by atoms with Crippen LogP contribution in [0, 0.1) is 0 Å². The second-order valence-electron chi connectivity index (χ2n) is 5.70. The van der Waals surface area contributed by atoms with Crippen LogP contribution in [0.1, 0.15) is 47.9 Å². The minimum absolute atomic E-state index is 0.0844. The predicted octanol–water partition coefficient (Wildman–Crippen LogP) is 4.96. The summed E-state index contributed by atoms with van der Waals surface area (Å²) < 4.78 is 1.12. The molecule has 2 heteroatoms. The first-order chi connectivity index (χ1) is 9.74. The van der Waals surface area contributed by atoms with Crippen molar-refractivity contribution in [3.05, 3.63) is 69.7 Å². The van der Waals surface area contributed by atoms with E-state index in [2.05, 4.69) is 64.5 Å². The van der Waals surface area contributed by atoms with Gasteiger partial charge in [0.15, 0.2) is 0 Å². The Bertz CT molecular complexity index is 589. The van der Waals surface area contributed by atoms with Gasteiger partial charge in [-0.25, -0.2) is 0 Å². The lowest BCUT2D eigenvalue weighted by Gasteiger charge is -2.29. The van der Waals surface area contributed by atoms with Gasteiger partial charge in [0.25, 0.3) is 0 Å². The molecule has 1 aliphatic carbocycles. The Morgan fingerprint density at radius 1 is 1.10 bits per heavy atom. The number of hydrogen-bond acceptors (Lipinski definition) is 1. The fraction of sp³-hybridized carbons (Fsp3) is 0.333. The smallest absolute Gasteiger partial charge is 0.0338 e. The minimum atomic E-state index is 0.0844. The molecule has 1 atom stereocenters. The van der Waals surface area contributed by atoms with Gasteiger partial charge in [0.2, 0.25) is 0 Å². The molecule has 0 amide bonds. The van der Waals surface area contributed by atoms with Gasteiger partial charge < -0.3 is 5.73 Å². The van der Waals surface area contributed by atoms with Crippen LogP contribution in [0.4, 0.5) is 0 Å². The summed E-state index contributed by atoms with van der Waals surface area (Å²) in [5.41, 5.74) is 10.6. The first kappa shape index (κ1) is 13.8. The maximum Gasteiger partial charge on any atom is 0.0338 e. The van der Waals surface area contributed by atoms with Gasteiger partial charge in [-0.1, -0.05) is 58.7 Å². The Labute approximate surface area is 129 Å². The second-order valence-corrected chi connectivity index (χ2v) is 6.61. The van der Waals surface area contributed by atoms with Gasteiger partial charge in [0, 0.05) is 10.5 Å². The first-order valence-electron chi connectivity index (χ1n) is 7.33. The lowest BCUT2D eigenvalue weighted by atomic mass is 9.77. The van der Waals surface area contributed by atoms with E-state index in [1.807, 2.05) is 0 Å². The largest absolute Gasteiger partial charge is 0.324 e. The van der Waals surface area contributed by atoms with E-state index in [9.17, 15) is 0 Å². The van der Waals surface area contributed by atoms with E-state index in [4.69, 9.17) is 5.73 Å². The topological polar surface area (TPSA) is 26.0 Å². The zero-order chi connectivity index (χ0) is 13.9. The summed E-state index contributed by atoms with van der Waals surface area (Å²) >= 11 is 3.53. The molecule has 0 aliphatic heterocycles. The molecule has 1 saturated carbocycles. The zero-order valence-corrected chi connectivity index (χ0v) is 13.1. The van der Waals surface area contributed by atoms with Gasteiger partial charge >= 0.3 is 0 Å². The lowest BCUT2D eigenvalue weighted by molar-refractivity contribution is 0.415. The summed E-state index contributed by atoms with van der Waals surface area (Å²) in [6.07, 6.45) is 4.89. The Hall–Kier alpha value is -1.12. The summed E-state index contributed by atoms with van der Waals surface area (Å²) in [5.74, 6) is 0.736. The van der Waals surface area contributed by atoms with Gasteiger partial charge in [0.1, 0.15) is 0 Å². The molecular formula is C18H20BrN. The Balaban J connectivity index is 1.81. The zero-order valence-electron chi connectivity index (χ0n) is 11.6. The summed E-state index contributed by atoms with van der Waals surface area (Å²) in [7, 11) is 0. The van der Waals surface area contributed by atoms with Crippen molar-refractivity contribution >= 4 is 15.9 Å². The van der Waals surface area contributed by atoms with E-state index in [0.717, 1.165) is 16.8 Å². The van der Waals surface area contributed by atoms with Crippen molar-refractivity contribution in [2.45, 2.75) is 37.6 Å². The van der Waals surface area contributed by atoms with Crippen LogP contribution in [-0.2, 0) is 6.42 Å². The summed E-state index contributed by atoms with van der Waals surface area (Å²) in [4.78, 5) is 0. The highest BCUT2D eigenvalue weighted by Gasteiger charge is 2.23. The Kier molecular flexibility index (Phi) is 4.23. The Morgan fingerprint density at radius 2 is 1.90 bits per heavy atom. The van der Waals surface area contributed by atoms with E-state index in [1.54, 1.807) is 0 Å². The molecule has 2 aromatic rings. The van der Waals surface area contributed by atoms with Crippen molar-refractivity contribution in [1.29, 1.82) is 0 Å². The van der Waals surface area contributed by atoms with E-state index in [1.165, 1.54) is 36.0 Å². The molecule has 1 unspecified atom stereocenters. The third-order valence-corrected chi connectivity index (χ3v) is 4.78. The summed E-state index contributed by atoms with van der Waals surface area (Å²) in [6.45, 7) is 0. The van der Waals surface area contributed by atoms with Crippen LogP contribution >= 0.6 is 15.9 Å². The van der Waals surface area contributed by atoms with Crippen LogP contribution in [0.2, 0.25) is 0 Å². The van der Waals surface area contributed by atoms with Gasteiger partial charge in [-0.2, -0.15) is 0 Å². The van der Waals surface area contributed by atoms with Gasteiger partial charge in [-0.3, -0.25) is 0 Å². The lowest BCUT2D eigenvalue weighted by Crippen LogP contribution is -2.19. The fourth-order valence-electron chi connectivity index (χ4n) is 2.97. The van der Waals surface area contributed by atoms with E-state index in [-0.39, 0.29) is 6.04 Å². The average molecular weight is 330 g/mol. The number of halogens is 1. The highest BCUT2D eigenvalue weighted by molar-refractivity contribution is 9.10. The third kappa shape index (κ3) is 2.97. The van der Waals surface area contributed by atoms with Crippen molar-refractivity contribution in [3.8, 4) is 0 Å². The van der Waals surface area contributed by atoms with Gasteiger partial charge in [0.05, 0.1) is 0 Å². The number of nitrogens with two attached hydrogens (primary N) is 1. The minimum Gasteiger partial charge on any atom is -0.324 e. The van der Waals surface area contributed by atoms with Crippen LogP contribution in [0.25, 0.3) is 0 Å². The molecule has 0 saturated heterocycles. The van der Waals surface area contributed by atoms with Crippen LogP contribution < -0.4 is 5.73 Å². The SMILES string of the molecule is NC(Cc1cccc(Br)c1)c1ccccc1C1CCC1. The maximum absolute atomic E-state index is 6.48. The molecule has 0 spiro atoms. The molecule has 3 rings (SSSR count). The molecular weight excluding hydrogens is 310 g/mol. The summed E-state index contributed by atoms with van der Waals surface area (Å²) in [5, 5.41) is 0. The third-order valence-electron chi connectivity index (χ3n) is 4.29. The molecule has 0 aromatic heterocycles. The molecule has 2 aromatic carbocycles.